The highest BCUT2D eigenvalue weighted by atomic mass is 79.9. The molecule has 7 heteroatoms. The van der Waals surface area contributed by atoms with Crippen molar-refractivity contribution in [3.05, 3.63) is 56.1 Å². The molecule has 6 nitrogen and oxygen atoms in total. The average molecular weight is 472 g/mol. The van der Waals surface area contributed by atoms with Crippen LogP contribution in [0.2, 0.25) is 0 Å². The van der Waals surface area contributed by atoms with Gasteiger partial charge in [0.15, 0.2) is 17.3 Å². The molecule has 158 valence electrons. The minimum Gasteiger partial charge on any atom is -0.493 e. The fraction of sp³-hybridized carbons (Fsp3) is 0.348. The highest BCUT2D eigenvalue weighted by Crippen LogP contribution is 2.35. The number of benzene rings is 1. The number of carbonyl (C=O) groups is 1. The summed E-state index contributed by atoms with van der Waals surface area (Å²) < 4.78 is 11.6. The van der Waals surface area contributed by atoms with Gasteiger partial charge in [0.1, 0.15) is 0 Å². The lowest BCUT2D eigenvalue weighted by atomic mass is 9.95. The SMILES string of the molecule is COc1cc(Br)c(C=C2CN(C)CC(=Cc3nc(C)c(C)nc3C)C2=O)cc1OC. The Morgan fingerprint density at radius 2 is 1.50 bits per heavy atom. The molecule has 2 heterocycles. The molecule has 0 aliphatic carbocycles. The third kappa shape index (κ3) is 4.63. The molecule has 30 heavy (non-hydrogen) atoms. The van der Waals surface area contributed by atoms with E-state index in [0.29, 0.717) is 35.7 Å². The summed E-state index contributed by atoms with van der Waals surface area (Å²) in [7, 11) is 5.18. The van der Waals surface area contributed by atoms with Crippen LogP contribution >= 0.6 is 15.9 Å². The minimum atomic E-state index is 0.0224. The van der Waals surface area contributed by atoms with Gasteiger partial charge < -0.3 is 9.47 Å². The number of aromatic nitrogens is 2. The van der Waals surface area contributed by atoms with Crippen molar-refractivity contribution in [2.24, 2.45) is 0 Å². The molecule has 3 rings (SSSR count). The molecule has 0 unspecified atom stereocenters. The van der Waals surface area contributed by atoms with Gasteiger partial charge in [0.25, 0.3) is 0 Å². The van der Waals surface area contributed by atoms with E-state index in [0.717, 1.165) is 32.8 Å². The van der Waals surface area contributed by atoms with Crippen molar-refractivity contribution in [2.45, 2.75) is 20.8 Å². The predicted molar refractivity (Wildman–Crippen MR) is 122 cm³/mol. The molecule has 0 amide bonds. The number of ketones is 1. The Morgan fingerprint density at radius 1 is 0.933 bits per heavy atom. The third-order valence-electron chi connectivity index (χ3n) is 5.13. The summed E-state index contributed by atoms with van der Waals surface area (Å²) in [4.78, 5) is 24.5. The maximum absolute atomic E-state index is 13.2. The van der Waals surface area contributed by atoms with Gasteiger partial charge in [0.05, 0.1) is 37.0 Å². The van der Waals surface area contributed by atoms with Crippen LogP contribution in [0.5, 0.6) is 11.5 Å². The molecule has 0 spiro atoms. The monoisotopic (exact) mass is 471 g/mol. The normalized spacial score (nSPS) is 17.6. The predicted octanol–water partition coefficient (Wildman–Crippen LogP) is 4.16. The van der Waals surface area contributed by atoms with Crippen molar-refractivity contribution in [3.63, 3.8) is 0 Å². The summed E-state index contributed by atoms with van der Waals surface area (Å²) >= 11 is 3.57. The smallest absolute Gasteiger partial charge is 0.187 e. The second kappa shape index (κ2) is 9.10. The zero-order chi connectivity index (χ0) is 22.0. The number of piperidine rings is 1. The van der Waals surface area contributed by atoms with Gasteiger partial charge in [-0.15, -0.1) is 0 Å². The summed E-state index contributed by atoms with van der Waals surface area (Å²) in [6.07, 6.45) is 3.76. The van der Waals surface area contributed by atoms with Gasteiger partial charge in [-0.25, -0.2) is 4.98 Å². The van der Waals surface area contributed by atoms with Crippen molar-refractivity contribution >= 4 is 33.9 Å². The van der Waals surface area contributed by atoms with Crippen LogP contribution in [-0.2, 0) is 4.79 Å². The molecule has 1 fully saturated rings. The van der Waals surface area contributed by atoms with Crippen molar-refractivity contribution in [1.82, 2.24) is 14.9 Å². The van der Waals surface area contributed by atoms with E-state index < -0.39 is 0 Å². The number of halogens is 1. The number of aryl methyl sites for hydroxylation is 3. The number of rotatable bonds is 4. The van der Waals surface area contributed by atoms with E-state index in [2.05, 4.69) is 30.8 Å². The average Bonchev–Trinajstić information content (AvgIpc) is 2.70. The summed E-state index contributed by atoms with van der Waals surface area (Å²) in [6.45, 7) is 6.92. The van der Waals surface area contributed by atoms with Gasteiger partial charge in [-0.1, -0.05) is 15.9 Å². The third-order valence-corrected chi connectivity index (χ3v) is 5.81. The lowest BCUT2D eigenvalue weighted by Gasteiger charge is -2.26. The number of methoxy groups -OCH3 is 2. The Kier molecular flexibility index (Phi) is 6.73. The summed E-state index contributed by atoms with van der Waals surface area (Å²) in [5.41, 5.74) is 5.59. The van der Waals surface area contributed by atoms with Crippen molar-refractivity contribution < 1.29 is 14.3 Å². The van der Waals surface area contributed by atoms with E-state index in [4.69, 9.17) is 9.47 Å². The van der Waals surface area contributed by atoms with Gasteiger partial charge in [0.2, 0.25) is 0 Å². The number of nitrogens with zero attached hydrogens (tertiary/aromatic N) is 3. The van der Waals surface area contributed by atoms with Crippen LogP contribution in [0.4, 0.5) is 0 Å². The number of likely N-dealkylation sites (N-methyl/N-ethyl adjacent to an activating group) is 1. The van der Waals surface area contributed by atoms with Crippen LogP contribution in [0, 0.1) is 20.8 Å². The van der Waals surface area contributed by atoms with Crippen molar-refractivity contribution in [1.29, 1.82) is 0 Å². The molecule has 1 aliphatic heterocycles. The van der Waals surface area contributed by atoms with E-state index in [1.54, 1.807) is 14.2 Å². The number of hydrogen-bond acceptors (Lipinski definition) is 6. The lowest BCUT2D eigenvalue weighted by Crippen LogP contribution is -2.34. The van der Waals surface area contributed by atoms with Crippen LogP contribution in [0.25, 0.3) is 12.2 Å². The van der Waals surface area contributed by atoms with Crippen LogP contribution in [0.3, 0.4) is 0 Å². The van der Waals surface area contributed by atoms with E-state index in [9.17, 15) is 4.79 Å². The molecular weight excluding hydrogens is 446 g/mol. The number of carbonyl (C=O) groups excluding carboxylic acids is 1. The molecular formula is C23H26BrN3O3. The van der Waals surface area contributed by atoms with Crippen LogP contribution in [-0.4, -0.2) is 55.0 Å². The zero-order valence-electron chi connectivity index (χ0n) is 18.2. The van der Waals surface area contributed by atoms with Gasteiger partial charge in [-0.05, 0) is 57.7 Å². The summed E-state index contributed by atoms with van der Waals surface area (Å²) in [5.74, 6) is 1.26. The molecule has 1 aliphatic rings. The molecule has 2 aromatic rings. The fourth-order valence-electron chi connectivity index (χ4n) is 3.41. The van der Waals surface area contributed by atoms with Crippen LogP contribution in [0.15, 0.2) is 27.8 Å². The summed E-state index contributed by atoms with van der Waals surface area (Å²) in [6, 6.07) is 3.70. The first-order valence-electron chi connectivity index (χ1n) is 9.61. The number of likely N-dealkylation sites (tertiary alicyclic amines) is 1. The molecule has 1 aromatic heterocycles. The van der Waals surface area contributed by atoms with E-state index >= 15 is 0 Å². The van der Waals surface area contributed by atoms with E-state index in [-0.39, 0.29) is 5.78 Å². The Bertz CT molecular complexity index is 1060. The van der Waals surface area contributed by atoms with E-state index in [1.165, 1.54) is 0 Å². The van der Waals surface area contributed by atoms with Gasteiger partial charge >= 0.3 is 0 Å². The molecule has 0 bridgehead atoms. The van der Waals surface area contributed by atoms with Crippen molar-refractivity contribution in [3.8, 4) is 11.5 Å². The van der Waals surface area contributed by atoms with Gasteiger partial charge in [-0.3, -0.25) is 14.7 Å². The Morgan fingerprint density at radius 3 is 2.13 bits per heavy atom. The fourth-order valence-corrected chi connectivity index (χ4v) is 3.85. The number of hydrogen-bond donors (Lipinski definition) is 0. The first-order chi connectivity index (χ1) is 14.2. The highest BCUT2D eigenvalue weighted by molar-refractivity contribution is 9.10. The maximum atomic E-state index is 13.2. The molecule has 0 atom stereocenters. The minimum absolute atomic E-state index is 0.0224. The second-order valence-electron chi connectivity index (χ2n) is 7.43. The Hall–Kier alpha value is -2.51. The quantitative estimate of drug-likeness (QED) is 0.623. The van der Waals surface area contributed by atoms with Crippen molar-refractivity contribution in [2.75, 3.05) is 34.4 Å². The summed E-state index contributed by atoms with van der Waals surface area (Å²) in [5, 5.41) is 0. The Labute approximate surface area is 185 Å². The first-order valence-corrected chi connectivity index (χ1v) is 10.4. The topological polar surface area (TPSA) is 64.5 Å². The molecule has 0 saturated carbocycles. The second-order valence-corrected chi connectivity index (χ2v) is 8.29. The van der Waals surface area contributed by atoms with Crippen LogP contribution in [0.1, 0.15) is 28.3 Å². The number of ether oxygens (including phenoxy) is 2. The first kappa shape index (κ1) is 22.2. The standard InChI is InChI=1S/C23H26BrN3O3/c1-13-14(2)26-20(15(3)25-13)8-18-12-27(4)11-17(23(18)28)7-16-9-21(29-5)22(30-6)10-19(16)24/h7-10H,11-12H2,1-6H3. The highest BCUT2D eigenvalue weighted by Gasteiger charge is 2.25. The van der Waals surface area contributed by atoms with Crippen LogP contribution < -0.4 is 9.47 Å². The van der Waals surface area contributed by atoms with Gasteiger partial charge in [0, 0.05) is 28.7 Å². The lowest BCUT2D eigenvalue weighted by molar-refractivity contribution is -0.113. The molecule has 0 radical (unpaired) electrons. The largest absolute Gasteiger partial charge is 0.493 e. The van der Waals surface area contributed by atoms with E-state index in [1.807, 2.05) is 52.1 Å². The molecule has 1 aromatic carbocycles. The Balaban J connectivity index is 2.02. The number of Topliss-reactive ketones (excluding diaryl/α,β-unsaturated/α-hetero) is 1. The van der Waals surface area contributed by atoms with Gasteiger partial charge in [-0.2, -0.15) is 0 Å². The molecule has 0 N–H and O–H groups in total. The molecule has 1 saturated heterocycles. The maximum Gasteiger partial charge on any atom is 0.187 e. The zero-order valence-corrected chi connectivity index (χ0v) is 19.8.